The van der Waals surface area contributed by atoms with Crippen LogP contribution in [0.2, 0.25) is 0 Å². The van der Waals surface area contributed by atoms with Crippen LogP contribution in [0.1, 0.15) is 41.6 Å². The molecule has 0 radical (unpaired) electrons. The largest absolute Gasteiger partial charge is 0.344 e. The van der Waals surface area contributed by atoms with E-state index in [-0.39, 0.29) is 17.2 Å². The van der Waals surface area contributed by atoms with E-state index >= 15 is 0 Å². The Bertz CT molecular complexity index is 376. The number of hydrogen-bond donors (Lipinski definition) is 0. The number of carbonyl (C=O) groups is 1. The van der Waals surface area contributed by atoms with Crippen molar-refractivity contribution in [3.8, 4) is 6.07 Å². The highest BCUT2D eigenvalue weighted by atomic mass is 35.5. The summed E-state index contributed by atoms with van der Waals surface area (Å²) in [6, 6.07) is 1.72. The molecule has 0 saturated heterocycles. The predicted molar refractivity (Wildman–Crippen MR) is 45.5 cm³/mol. The van der Waals surface area contributed by atoms with Gasteiger partial charge in [0.05, 0.1) is 5.69 Å². The molecule has 0 saturated carbocycles. The number of rotatable bonds is 2. The number of nitrogens with zero attached hydrogens (tertiary/aromatic N) is 2. The van der Waals surface area contributed by atoms with Gasteiger partial charge in [-0.25, -0.2) is 0 Å². The maximum absolute atomic E-state index is 10.9. The Labute approximate surface area is 80.1 Å². The topological polar surface area (TPSA) is 66.9 Å². The summed E-state index contributed by atoms with van der Waals surface area (Å²) in [6.07, 6.45) is 0. The summed E-state index contributed by atoms with van der Waals surface area (Å²) in [4.78, 5) is 10.9. The van der Waals surface area contributed by atoms with Gasteiger partial charge in [-0.1, -0.05) is 19.0 Å². The maximum Gasteiger partial charge on any atom is 0.259 e. The van der Waals surface area contributed by atoms with Crippen LogP contribution in [-0.2, 0) is 0 Å². The van der Waals surface area contributed by atoms with Gasteiger partial charge in [0.25, 0.3) is 5.24 Å². The van der Waals surface area contributed by atoms with Crippen LogP contribution in [0.25, 0.3) is 0 Å². The normalized spacial score (nSPS) is 10.1. The van der Waals surface area contributed by atoms with E-state index in [1.54, 1.807) is 6.07 Å². The van der Waals surface area contributed by atoms with E-state index in [2.05, 4.69) is 9.68 Å². The van der Waals surface area contributed by atoms with E-state index in [0.717, 1.165) is 0 Å². The molecule has 1 rings (SSSR count). The molecule has 5 heteroatoms. The zero-order valence-electron chi connectivity index (χ0n) is 7.17. The number of halogens is 1. The van der Waals surface area contributed by atoms with Gasteiger partial charge in [0.2, 0.25) is 5.76 Å². The van der Waals surface area contributed by atoms with E-state index in [1.165, 1.54) is 0 Å². The highest BCUT2D eigenvalue weighted by Gasteiger charge is 2.22. The number of hydrogen-bond acceptors (Lipinski definition) is 4. The van der Waals surface area contributed by atoms with Crippen LogP contribution in [0.15, 0.2) is 4.52 Å². The molecule has 4 nitrogen and oxygen atoms in total. The first kappa shape index (κ1) is 9.75. The second kappa shape index (κ2) is 3.58. The van der Waals surface area contributed by atoms with Gasteiger partial charge in [-0.15, -0.1) is 0 Å². The van der Waals surface area contributed by atoms with Crippen molar-refractivity contribution in [3.63, 3.8) is 0 Å². The van der Waals surface area contributed by atoms with Crippen LogP contribution in [0.3, 0.4) is 0 Å². The minimum absolute atomic E-state index is 0.00329. The third-order valence-electron chi connectivity index (χ3n) is 1.56. The number of nitriles is 1. The predicted octanol–water partition coefficient (Wildman–Crippen LogP) is 2.05. The van der Waals surface area contributed by atoms with Crippen LogP contribution in [0, 0.1) is 11.3 Å². The third kappa shape index (κ3) is 1.70. The molecule has 0 amide bonds. The average Bonchev–Trinajstić information content (AvgIpc) is 2.46. The number of carbonyl (C=O) groups excluding carboxylic acids is 1. The molecule has 1 heterocycles. The molecule has 1 aromatic rings. The summed E-state index contributed by atoms with van der Waals surface area (Å²) in [5.74, 6) is -0.118. The smallest absolute Gasteiger partial charge is 0.259 e. The van der Waals surface area contributed by atoms with Crippen LogP contribution < -0.4 is 0 Å². The number of aromatic nitrogens is 1. The van der Waals surface area contributed by atoms with Crippen LogP contribution in [-0.4, -0.2) is 10.4 Å². The zero-order valence-corrected chi connectivity index (χ0v) is 7.92. The lowest BCUT2D eigenvalue weighted by atomic mass is 10.1. The quantitative estimate of drug-likeness (QED) is 0.682. The van der Waals surface area contributed by atoms with Crippen molar-refractivity contribution in [1.82, 2.24) is 5.16 Å². The van der Waals surface area contributed by atoms with Gasteiger partial charge >= 0.3 is 0 Å². The lowest BCUT2D eigenvalue weighted by Gasteiger charge is -1.98. The minimum Gasteiger partial charge on any atom is -0.344 e. The minimum atomic E-state index is -0.707. The molecule has 0 unspecified atom stereocenters. The van der Waals surface area contributed by atoms with Gasteiger partial charge < -0.3 is 4.52 Å². The summed E-state index contributed by atoms with van der Waals surface area (Å²) in [5, 5.41) is 11.5. The molecule has 0 spiro atoms. The highest BCUT2D eigenvalue weighted by Crippen LogP contribution is 2.22. The van der Waals surface area contributed by atoms with E-state index in [0.29, 0.717) is 5.69 Å². The lowest BCUT2D eigenvalue weighted by molar-refractivity contribution is 0.107. The average molecular weight is 199 g/mol. The molecule has 0 aliphatic rings. The molecule has 68 valence electrons. The summed E-state index contributed by atoms with van der Waals surface area (Å²) in [6.45, 7) is 3.67. The molecular formula is C8H7ClN2O2. The van der Waals surface area contributed by atoms with Crippen LogP contribution >= 0.6 is 11.6 Å². The van der Waals surface area contributed by atoms with E-state index in [1.807, 2.05) is 13.8 Å². The first-order valence-electron chi connectivity index (χ1n) is 3.67. The Morgan fingerprint density at radius 1 is 1.69 bits per heavy atom. The highest BCUT2D eigenvalue weighted by molar-refractivity contribution is 6.68. The van der Waals surface area contributed by atoms with Crippen molar-refractivity contribution >= 4 is 16.8 Å². The van der Waals surface area contributed by atoms with Crippen molar-refractivity contribution in [2.75, 3.05) is 0 Å². The molecule has 13 heavy (non-hydrogen) atoms. The monoisotopic (exact) mass is 198 g/mol. The van der Waals surface area contributed by atoms with Gasteiger partial charge in [-0.2, -0.15) is 5.26 Å². The van der Waals surface area contributed by atoms with Crippen molar-refractivity contribution in [2.45, 2.75) is 19.8 Å². The first-order chi connectivity index (χ1) is 6.07. The molecule has 0 aromatic carbocycles. The van der Waals surface area contributed by atoms with Gasteiger partial charge in [-0.05, 0) is 17.5 Å². The molecule has 0 bridgehead atoms. The summed E-state index contributed by atoms with van der Waals surface area (Å²) < 4.78 is 4.65. The summed E-state index contributed by atoms with van der Waals surface area (Å²) in [5.41, 5.74) is 0.510. The fourth-order valence-electron chi connectivity index (χ4n) is 0.963. The summed E-state index contributed by atoms with van der Waals surface area (Å²) >= 11 is 5.29. The van der Waals surface area contributed by atoms with Crippen molar-refractivity contribution in [3.05, 3.63) is 17.0 Å². The first-order valence-corrected chi connectivity index (χ1v) is 4.05. The fraction of sp³-hybridized carbons (Fsp3) is 0.375. The Hall–Kier alpha value is -1.34. The van der Waals surface area contributed by atoms with Gasteiger partial charge in [0, 0.05) is 0 Å². The Morgan fingerprint density at radius 3 is 2.69 bits per heavy atom. The summed E-state index contributed by atoms with van der Waals surface area (Å²) in [7, 11) is 0. The molecule has 0 fully saturated rings. The zero-order chi connectivity index (χ0) is 10.0. The SMILES string of the molecule is CC(C)c1noc(C#N)c1C(=O)Cl. The molecule has 0 aliphatic carbocycles. The van der Waals surface area contributed by atoms with Gasteiger partial charge in [0.15, 0.2) is 0 Å². The second-order valence-corrected chi connectivity index (χ2v) is 3.16. The molecule has 1 aromatic heterocycles. The molecule has 0 aliphatic heterocycles. The van der Waals surface area contributed by atoms with E-state index in [9.17, 15) is 4.79 Å². The second-order valence-electron chi connectivity index (χ2n) is 2.81. The van der Waals surface area contributed by atoms with Crippen LogP contribution in [0.4, 0.5) is 0 Å². The maximum atomic E-state index is 10.9. The van der Waals surface area contributed by atoms with Crippen molar-refractivity contribution in [2.24, 2.45) is 0 Å². The Balaban J connectivity index is 3.32. The lowest BCUT2D eigenvalue weighted by Crippen LogP contribution is -1.98. The molecule has 0 N–H and O–H groups in total. The van der Waals surface area contributed by atoms with Crippen molar-refractivity contribution < 1.29 is 9.32 Å². The molecule has 0 atom stereocenters. The van der Waals surface area contributed by atoms with Gasteiger partial charge in [0.1, 0.15) is 11.6 Å². The van der Waals surface area contributed by atoms with Crippen molar-refractivity contribution in [1.29, 1.82) is 5.26 Å². The molecular weight excluding hydrogens is 192 g/mol. The van der Waals surface area contributed by atoms with Crippen LogP contribution in [0.5, 0.6) is 0 Å². The Kier molecular flexibility index (Phi) is 2.69. The fourth-order valence-corrected chi connectivity index (χ4v) is 1.15. The third-order valence-corrected chi connectivity index (χ3v) is 1.75. The van der Waals surface area contributed by atoms with Gasteiger partial charge in [-0.3, -0.25) is 4.79 Å². The van der Waals surface area contributed by atoms with E-state index < -0.39 is 5.24 Å². The van der Waals surface area contributed by atoms with E-state index in [4.69, 9.17) is 16.9 Å². The standard InChI is InChI=1S/C8H7ClN2O2/c1-4(2)7-6(8(9)12)5(3-10)13-11-7/h4H,1-2H3. The Morgan fingerprint density at radius 2 is 2.31 bits per heavy atom.